The highest BCUT2D eigenvalue weighted by Gasteiger charge is 2.36. The van der Waals surface area contributed by atoms with E-state index >= 15 is 0 Å². The molecule has 0 bridgehead atoms. The topological polar surface area (TPSA) is 350 Å². The van der Waals surface area contributed by atoms with E-state index in [0.29, 0.717) is 32.2 Å². The summed E-state index contributed by atoms with van der Waals surface area (Å²) in [6, 6.07) is -7.88. The molecular weight excluding hydrogens is 720 g/mol. The molecule has 0 aliphatic carbocycles. The van der Waals surface area contributed by atoms with Crippen LogP contribution in [0.4, 0.5) is 0 Å². The van der Waals surface area contributed by atoms with E-state index in [1.165, 1.54) is 0 Å². The highest BCUT2D eigenvalue weighted by molar-refractivity contribution is 5.98. The summed E-state index contributed by atoms with van der Waals surface area (Å²) in [4.78, 5) is 115. The average molecular weight is 785 g/mol. The van der Waals surface area contributed by atoms with Crippen LogP contribution in [-0.2, 0) is 43.2 Å². The lowest BCUT2D eigenvalue weighted by Crippen LogP contribution is -2.62. The number of hydrogen-bond acceptors (Lipinski definition) is 11. The summed E-state index contributed by atoms with van der Waals surface area (Å²) in [5, 5.41) is 24.7. The van der Waals surface area contributed by atoms with Gasteiger partial charge < -0.3 is 59.9 Å². The Labute approximate surface area is 322 Å². The molecule has 0 aromatic heterocycles. The summed E-state index contributed by atoms with van der Waals surface area (Å²) in [6.45, 7) is 10.3. The quantitative estimate of drug-likeness (QED) is 0.0363. The van der Waals surface area contributed by atoms with Gasteiger partial charge in [0.05, 0.1) is 13.0 Å². The molecule has 20 nitrogen and oxygen atoms in total. The van der Waals surface area contributed by atoms with E-state index in [0.717, 1.165) is 0 Å². The first-order valence-corrected chi connectivity index (χ1v) is 18.7. The van der Waals surface area contributed by atoms with Gasteiger partial charge in [0.2, 0.25) is 47.3 Å². The van der Waals surface area contributed by atoms with Crippen LogP contribution in [0.3, 0.4) is 0 Å². The molecule has 0 aliphatic rings. The number of carboxylic acid groups (broad SMARTS) is 1. The highest BCUT2D eigenvalue weighted by atomic mass is 16.4. The van der Waals surface area contributed by atoms with E-state index in [1.807, 2.05) is 0 Å². The number of nitrogens with one attached hydrogen (secondary N) is 6. The van der Waals surface area contributed by atoms with Crippen molar-refractivity contribution in [1.29, 1.82) is 0 Å². The molecule has 0 radical (unpaired) electrons. The number of primary amides is 2. The van der Waals surface area contributed by atoms with E-state index in [-0.39, 0.29) is 31.6 Å². The fourth-order valence-electron chi connectivity index (χ4n) is 5.38. The van der Waals surface area contributed by atoms with Gasteiger partial charge in [-0.3, -0.25) is 38.4 Å². The molecule has 0 unspecified atom stereocenters. The van der Waals surface area contributed by atoms with Gasteiger partial charge in [0.25, 0.3) is 0 Å². The average Bonchev–Trinajstić information content (AvgIpc) is 3.11. The highest BCUT2D eigenvalue weighted by Crippen LogP contribution is 2.14. The van der Waals surface area contributed by atoms with Crippen LogP contribution in [0.2, 0.25) is 0 Å². The molecule has 0 fully saturated rings. The lowest BCUT2D eigenvalue weighted by Gasteiger charge is -2.31. The van der Waals surface area contributed by atoms with Crippen molar-refractivity contribution in [2.45, 2.75) is 136 Å². The summed E-state index contributed by atoms with van der Waals surface area (Å²) in [6.07, 6.45) is 0.814. The lowest BCUT2D eigenvalue weighted by atomic mass is 9.94. The van der Waals surface area contributed by atoms with Crippen molar-refractivity contribution in [3.05, 3.63) is 0 Å². The summed E-state index contributed by atoms with van der Waals surface area (Å²) in [5.74, 6) is -9.01. The maximum Gasteiger partial charge on any atom is 0.326 e. The number of carbonyl (C=O) groups excluding carboxylic acids is 8. The first kappa shape index (κ1) is 50.1. The van der Waals surface area contributed by atoms with E-state index < -0.39 is 114 Å². The van der Waals surface area contributed by atoms with Crippen LogP contribution in [0.5, 0.6) is 0 Å². The van der Waals surface area contributed by atoms with Gasteiger partial charge in [0.15, 0.2) is 0 Å². The second-order valence-electron chi connectivity index (χ2n) is 14.2. The molecule has 0 saturated carbocycles. The third kappa shape index (κ3) is 19.3. The van der Waals surface area contributed by atoms with Crippen molar-refractivity contribution < 1.29 is 48.3 Å². The van der Waals surface area contributed by atoms with Gasteiger partial charge >= 0.3 is 5.97 Å². The van der Waals surface area contributed by atoms with Crippen LogP contribution in [0.1, 0.15) is 99.3 Å². The van der Waals surface area contributed by atoms with Crippen LogP contribution in [0, 0.1) is 17.8 Å². The lowest BCUT2D eigenvalue weighted by molar-refractivity contribution is -0.142. The minimum absolute atomic E-state index is 0.0809. The van der Waals surface area contributed by atoms with Gasteiger partial charge in [-0.2, -0.15) is 0 Å². The van der Waals surface area contributed by atoms with Crippen molar-refractivity contribution in [2.24, 2.45) is 40.7 Å². The van der Waals surface area contributed by atoms with Crippen molar-refractivity contribution >= 4 is 53.2 Å². The van der Waals surface area contributed by atoms with Crippen LogP contribution in [0.15, 0.2) is 0 Å². The monoisotopic (exact) mass is 784 g/mol. The summed E-state index contributed by atoms with van der Waals surface area (Å²) in [5.41, 5.74) is 21.5. The molecule has 8 atom stereocenters. The molecule has 8 amide bonds. The minimum atomic E-state index is -1.60. The van der Waals surface area contributed by atoms with Crippen molar-refractivity contribution in [3.8, 4) is 0 Å². The van der Waals surface area contributed by atoms with Gasteiger partial charge in [0, 0.05) is 6.42 Å². The Morgan fingerprint density at radius 2 is 1.04 bits per heavy atom. The summed E-state index contributed by atoms with van der Waals surface area (Å²) < 4.78 is 0. The molecule has 0 heterocycles. The van der Waals surface area contributed by atoms with Crippen LogP contribution in [-0.4, -0.2) is 108 Å². The molecular formula is C35H64N10O10. The van der Waals surface area contributed by atoms with Gasteiger partial charge in [0.1, 0.15) is 36.3 Å². The number of unbranched alkanes of at least 4 members (excludes halogenated alkanes) is 1. The molecule has 0 aliphatic heterocycles. The zero-order valence-electron chi connectivity index (χ0n) is 32.9. The van der Waals surface area contributed by atoms with Gasteiger partial charge in [-0.05, 0) is 56.4 Å². The Bertz CT molecular complexity index is 1330. The Morgan fingerprint density at radius 3 is 1.49 bits per heavy atom. The maximum atomic E-state index is 13.8. The number of nitrogens with two attached hydrogens (primary N) is 4. The van der Waals surface area contributed by atoms with Gasteiger partial charge in [-0.25, -0.2) is 4.79 Å². The van der Waals surface area contributed by atoms with Crippen LogP contribution < -0.4 is 54.8 Å². The molecule has 20 heteroatoms. The van der Waals surface area contributed by atoms with Crippen molar-refractivity contribution in [2.75, 3.05) is 13.1 Å². The van der Waals surface area contributed by atoms with Crippen LogP contribution >= 0.6 is 0 Å². The SMILES string of the molecule is CC[C@H](C)[C@H](NC(=O)[C@H](CCC(N)=O)NC(=O)CN)C(=O)N[C@H](C(=O)N[C@@H](CC(N)=O)C(=O)N[C@@H](CC(C)C)C(=O)N[C@@H](CCCCN)C(=O)O)[C@@H](C)CC. The number of hydrogen-bond donors (Lipinski definition) is 11. The zero-order chi connectivity index (χ0) is 42.4. The molecule has 0 rings (SSSR count). The fraction of sp³-hybridized carbons (Fsp3) is 0.743. The van der Waals surface area contributed by atoms with Gasteiger partial charge in [-0.1, -0.05) is 54.4 Å². The molecule has 0 saturated heterocycles. The third-order valence-electron chi connectivity index (χ3n) is 9.04. The minimum Gasteiger partial charge on any atom is -0.480 e. The zero-order valence-corrected chi connectivity index (χ0v) is 32.9. The standard InChI is InChI=1S/C35H64N10O10/c1-7-19(5)28(45-34(53)29(20(6)8-2)44-30(49)21(12-13-25(38)46)40-27(48)17-37)33(52)43-24(16-26(39)47)32(51)42-23(15-18(3)4)31(50)41-22(35(54)55)11-9-10-14-36/h18-24,28-29H,7-17,36-37H2,1-6H3,(H2,38,46)(H2,39,47)(H,40,48)(H,41,50)(H,42,51)(H,43,52)(H,44,49)(H,45,53)(H,54,55)/t19-,20-,21-,22-,23-,24-,28-,29-/m0/s1. The first-order valence-electron chi connectivity index (χ1n) is 18.7. The predicted molar refractivity (Wildman–Crippen MR) is 202 cm³/mol. The molecule has 0 aromatic rings. The Morgan fingerprint density at radius 1 is 0.564 bits per heavy atom. The number of amides is 8. The molecule has 0 spiro atoms. The van der Waals surface area contributed by atoms with Crippen molar-refractivity contribution in [1.82, 2.24) is 31.9 Å². The van der Waals surface area contributed by atoms with E-state index in [4.69, 9.17) is 22.9 Å². The smallest absolute Gasteiger partial charge is 0.326 e. The Balaban J connectivity index is 6.34. The molecule has 55 heavy (non-hydrogen) atoms. The van der Waals surface area contributed by atoms with Gasteiger partial charge in [-0.15, -0.1) is 0 Å². The van der Waals surface area contributed by atoms with Crippen LogP contribution in [0.25, 0.3) is 0 Å². The molecule has 314 valence electrons. The van der Waals surface area contributed by atoms with E-state index in [1.54, 1.807) is 41.5 Å². The second-order valence-corrected chi connectivity index (χ2v) is 14.2. The number of carbonyl (C=O) groups is 9. The first-order chi connectivity index (χ1) is 25.7. The maximum absolute atomic E-state index is 13.8. The van der Waals surface area contributed by atoms with E-state index in [2.05, 4.69) is 31.9 Å². The normalized spacial score (nSPS) is 15.4. The predicted octanol–water partition coefficient (Wildman–Crippen LogP) is -2.65. The van der Waals surface area contributed by atoms with Crippen molar-refractivity contribution in [3.63, 3.8) is 0 Å². The summed E-state index contributed by atoms with van der Waals surface area (Å²) >= 11 is 0. The molecule has 15 N–H and O–H groups in total. The van der Waals surface area contributed by atoms with E-state index in [9.17, 15) is 48.3 Å². The Hall–Kier alpha value is -4.85. The largest absolute Gasteiger partial charge is 0.480 e. The third-order valence-corrected chi connectivity index (χ3v) is 9.04. The number of carboxylic acids is 1. The Kier molecular flexibility index (Phi) is 23.7. The fourth-order valence-corrected chi connectivity index (χ4v) is 5.38. The second kappa shape index (κ2) is 26.0. The molecule has 0 aromatic carbocycles. The number of rotatable bonds is 28. The number of aliphatic carboxylic acids is 1. The summed E-state index contributed by atoms with van der Waals surface area (Å²) in [7, 11) is 0.